The lowest BCUT2D eigenvalue weighted by molar-refractivity contribution is -0.125. The maximum Gasteiger partial charge on any atom is 0.246 e. The quantitative estimate of drug-likeness (QED) is 0.872. The SMILES string of the molecule is O=C(C=Cc1cccc(Cl)c1Cl)N1CCC(CO)C1. The molecule has 0 aromatic heterocycles. The highest BCUT2D eigenvalue weighted by Crippen LogP contribution is 2.26. The van der Waals surface area contributed by atoms with E-state index in [-0.39, 0.29) is 18.4 Å². The molecule has 2 rings (SSSR count). The van der Waals surface area contributed by atoms with Crippen molar-refractivity contribution in [3.63, 3.8) is 0 Å². The summed E-state index contributed by atoms with van der Waals surface area (Å²) in [5.74, 6) is 0.138. The van der Waals surface area contributed by atoms with E-state index in [4.69, 9.17) is 28.3 Å². The largest absolute Gasteiger partial charge is 0.396 e. The number of likely N-dealkylation sites (tertiary alicyclic amines) is 1. The second-order valence-electron chi connectivity index (χ2n) is 4.60. The van der Waals surface area contributed by atoms with Crippen LogP contribution in [0.3, 0.4) is 0 Å². The van der Waals surface area contributed by atoms with Crippen molar-refractivity contribution in [2.45, 2.75) is 6.42 Å². The number of aliphatic hydroxyl groups is 1. The molecule has 1 aromatic rings. The molecular weight excluding hydrogens is 285 g/mol. The second kappa shape index (κ2) is 6.42. The van der Waals surface area contributed by atoms with E-state index in [2.05, 4.69) is 0 Å². The van der Waals surface area contributed by atoms with Crippen LogP contribution in [0.1, 0.15) is 12.0 Å². The fourth-order valence-corrected chi connectivity index (χ4v) is 2.47. The first-order valence-corrected chi connectivity index (χ1v) is 6.89. The van der Waals surface area contributed by atoms with Gasteiger partial charge in [-0.1, -0.05) is 35.3 Å². The van der Waals surface area contributed by atoms with Crippen LogP contribution in [-0.2, 0) is 4.79 Å². The zero-order chi connectivity index (χ0) is 13.8. The van der Waals surface area contributed by atoms with Crippen LogP contribution in [0.4, 0.5) is 0 Å². The zero-order valence-electron chi connectivity index (χ0n) is 10.4. The van der Waals surface area contributed by atoms with Crippen molar-refractivity contribution in [1.29, 1.82) is 0 Å². The van der Waals surface area contributed by atoms with Gasteiger partial charge in [-0.15, -0.1) is 0 Å². The Morgan fingerprint density at radius 2 is 2.26 bits per heavy atom. The third kappa shape index (κ3) is 3.50. The van der Waals surface area contributed by atoms with Crippen LogP contribution in [-0.4, -0.2) is 35.6 Å². The second-order valence-corrected chi connectivity index (χ2v) is 5.38. The molecule has 19 heavy (non-hydrogen) atoms. The van der Waals surface area contributed by atoms with Gasteiger partial charge in [0, 0.05) is 31.7 Å². The monoisotopic (exact) mass is 299 g/mol. The van der Waals surface area contributed by atoms with Crippen LogP contribution < -0.4 is 0 Å². The molecule has 1 heterocycles. The number of carbonyl (C=O) groups excluding carboxylic acids is 1. The van der Waals surface area contributed by atoms with E-state index in [0.717, 1.165) is 12.0 Å². The van der Waals surface area contributed by atoms with Crippen LogP contribution in [0.25, 0.3) is 6.08 Å². The number of hydrogen-bond acceptors (Lipinski definition) is 2. The molecule has 1 N–H and O–H groups in total. The van der Waals surface area contributed by atoms with E-state index >= 15 is 0 Å². The molecule has 1 aromatic carbocycles. The summed E-state index contributed by atoms with van der Waals surface area (Å²) in [6.45, 7) is 1.44. The van der Waals surface area contributed by atoms with Crippen molar-refractivity contribution in [2.24, 2.45) is 5.92 Å². The Kier molecular flexibility index (Phi) is 4.86. The first kappa shape index (κ1) is 14.4. The molecule has 0 aliphatic carbocycles. The summed E-state index contributed by atoms with van der Waals surface area (Å²) in [6.07, 6.45) is 4.02. The predicted octanol–water partition coefficient (Wildman–Crippen LogP) is 2.85. The molecule has 102 valence electrons. The van der Waals surface area contributed by atoms with Crippen molar-refractivity contribution in [3.05, 3.63) is 39.9 Å². The van der Waals surface area contributed by atoms with Crippen LogP contribution >= 0.6 is 23.2 Å². The fraction of sp³-hybridized carbons (Fsp3) is 0.357. The summed E-state index contributed by atoms with van der Waals surface area (Å²) < 4.78 is 0. The predicted molar refractivity (Wildman–Crippen MR) is 77.3 cm³/mol. The number of hydrogen-bond donors (Lipinski definition) is 1. The van der Waals surface area contributed by atoms with Crippen LogP contribution in [0.15, 0.2) is 24.3 Å². The lowest BCUT2D eigenvalue weighted by Crippen LogP contribution is -2.27. The molecule has 1 atom stereocenters. The first-order chi connectivity index (χ1) is 9.11. The average Bonchev–Trinajstić information content (AvgIpc) is 2.89. The lowest BCUT2D eigenvalue weighted by Gasteiger charge is -2.13. The van der Waals surface area contributed by atoms with Gasteiger partial charge in [-0.2, -0.15) is 0 Å². The molecule has 0 spiro atoms. The molecule has 1 amide bonds. The molecule has 5 heteroatoms. The maximum absolute atomic E-state index is 12.0. The minimum atomic E-state index is -0.0630. The highest BCUT2D eigenvalue weighted by molar-refractivity contribution is 6.42. The van der Waals surface area contributed by atoms with E-state index in [1.165, 1.54) is 6.08 Å². The molecule has 0 radical (unpaired) electrons. The summed E-state index contributed by atoms with van der Waals surface area (Å²) in [5, 5.41) is 9.97. The molecule has 1 saturated heterocycles. The Balaban J connectivity index is 2.03. The van der Waals surface area contributed by atoms with Crippen LogP contribution in [0, 0.1) is 5.92 Å². The Bertz CT molecular complexity index is 502. The van der Waals surface area contributed by atoms with E-state index < -0.39 is 0 Å². The molecule has 0 saturated carbocycles. The van der Waals surface area contributed by atoms with Gasteiger partial charge in [-0.25, -0.2) is 0 Å². The summed E-state index contributed by atoms with van der Waals surface area (Å²) in [4.78, 5) is 13.7. The topological polar surface area (TPSA) is 40.5 Å². The number of carbonyl (C=O) groups is 1. The standard InChI is InChI=1S/C14H15Cl2NO2/c15-12-3-1-2-11(14(12)16)4-5-13(19)17-7-6-10(8-17)9-18/h1-5,10,18H,6-9H2. The van der Waals surface area contributed by atoms with Crippen molar-refractivity contribution in [2.75, 3.05) is 19.7 Å². The van der Waals surface area contributed by atoms with E-state index in [1.807, 2.05) is 0 Å². The number of aliphatic hydroxyl groups excluding tert-OH is 1. The third-order valence-corrected chi connectivity index (χ3v) is 4.08. The molecule has 3 nitrogen and oxygen atoms in total. The van der Waals surface area contributed by atoms with E-state index in [9.17, 15) is 4.79 Å². The summed E-state index contributed by atoms with van der Waals surface area (Å²) in [7, 11) is 0. The van der Waals surface area contributed by atoms with Gasteiger partial charge in [0.1, 0.15) is 0 Å². The fourth-order valence-electron chi connectivity index (χ4n) is 2.10. The summed E-state index contributed by atoms with van der Waals surface area (Å²) >= 11 is 11.9. The van der Waals surface area contributed by atoms with Gasteiger partial charge in [-0.3, -0.25) is 4.79 Å². The molecule has 1 unspecified atom stereocenters. The molecule has 1 aliphatic heterocycles. The van der Waals surface area contributed by atoms with Gasteiger partial charge in [0.15, 0.2) is 0 Å². The van der Waals surface area contributed by atoms with Crippen molar-refractivity contribution >= 4 is 35.2 Å². The number of amides is 1. The number of benzene rings is 1. The van der Waals surface area contributed by atoms with E-state index in [1.54, 1.807) is 29.2 Å². The van der Waals surface area contributed by atoms with Gasteiger partial charge in [-0.05, 0) is 24.1 Å². The van der Waals surface area contributed by atoms with Crippen molar-refractivity contribution in [1.82, 2.24) is 4.90 Å². The first-order valence-electron chi connectivity index (χ1n) is 6.13. The van der Waals surface area contributed by atoms with Gasteiger partial charge >= 0.3 is 0 Å². The van der Waals surface area contributed by atoms with Gasteiger partial charge in [0.2, 0.25) is 5.91 Å². The molecule has 1 aliphatic rings. The summed E-state index contributed by atoms with van der Waals surface area (Å²) in [5.41, 5.74) is 0.723. The van der Waals surface area contributed by atoms with Gasteiger partial charge in [0.25, 0.3) is 0 Å². The highest BCUT2D eigenvalue weighted by atomic mass is 35.5. The van der Waals surface area contributed by atoms with Crippen molar-refractivity contribution < 1.29 is 9.90 Å². The maximum atomic E-state index is 12.0. The summed E-state index contributed by atoms with van der Waals surface area (Å²) in [6, 6.07) is 5.30. The highest BCUT2D eigenvalue weighted by Gasteiger charge is 2.24. The van der Waals surface area contributed by atoms with Gasteiger partial charge < -0.3 is 10.0 Å². The minimum Gasteiger partial charge on any atom is -0.396 e. The smallest absolute Gasteiger partial charge is 0.246 e. The van der Waals surface area contributed by atoms with E-state index in [0.29, 0.717) is 23.1 Å². The normalized spacial score (nSPS) is 19.3. The Morgan fingerprint density at radius 1 is 1.47 bits per heavy atom. The Morgan fingerprint density at radius 3 is 2.95 bits per heavy atom. The Hall–Kier alpha value is -1.03. The molecule has 0 bridgehead atoms. The number of nitrogens with zero attached hydrogens (tertiary/aromatic N) is 1. The average molecular weight is 300 g/mol. The van der Waals surface area contributed by atoms with Gasteiger partial charge in [0.05, 0.1) is 10.0 Å². The Labute approximate surface area is 122 Å². The molecule has 1 fully saturated rings. The minimum absolute atomic E-state index is 0.0630. The zero-order valence-corrected chi connectivity index (χ0v) is 11.9. The molecular formula is C14H15Cl2NO2. The van der Waals surface area contributed by atoms with Crippen molar-refractivity contribution in [3.8, 4) is 0 Å². The van der Waals surface area contributed by atoms with Crippen LogP contribution in [0.2, 0.25) is 10.0 Å². The lowest BCUT2D eigenvalue weighted by atomic mass is 10.1. The van der Waals surface area contributed by atoms with Crippen LogP contribution in [0.5, 0.6) is 0 Å². The number of halogens is 2. The third-order valence-electron chi connectivity index (χ3n) is 3.24. The number of rotatable bonds is 3.